The van der Waals surface area contributed by atoms with Crippen molar-refractivity contribution in [2.75, 3.05) is 0 Å². The largest absolute Gasteiger partial charge is 0.0654 e. The Balaban J connectivity index is 0.000000243. The molecule has 1 saturated carbocycles. The van der Waals surface area contributed by atoms with Crippen LogP contribution in [-0.4, -0.2) is 0 Å². The molecule has 0 heteroatoms. The first kappa shape index (κ1) is 13.0. The average Bonchev–Trinajstić information content (AvgIpc) is 2.72. The summed E-state index contributed by atoms with van der Waals surface area (Å²) in [5, 5.41) is 0. The molecule has 0 aromatic heterocycles. The highest BCUT2D eigenvalue weighted by Gasteiger charge is 1.95. The molecule has 80 valence electrons. The van der Waals surface area contributed by atoms with Crippen LogP contribution in [0.25, 0.3) is 0 Å². The molecule has 13 heavy (non-hydrogen) atoms. The molecule has 0 aromatic rings. The minimum atomic E-state index is 0.954. The summed E-state index contributed by atoms with van der Waals surface area (Å²) in [4.78, 5) is 0. The first-order chi connectivity index (χ1) is 6.31. The molecule has 0 N–H and O–H groups in total. The number of hydrogen-bond acceptors (Lipinski definition) is 0. The normalized spacial score (nSPS) is 17.8. The summed E-state index contributed by atoms with van der Waals surface area (Å²) in [5.74, 6) is 0.954. The number of rotatable bonds is 4. The van der Waals surface area contributed by atoms with Gasteiger partial charge in [-0.05, 0) is 5.92 Å². The predicted octanol–water partition coefficient (Wildman–Crippen LogP) is 5.17. The molecule has 0 heterocycles. The number of unbranched alkanes of at least 4 members (excludes halogenated alkanes) is 1. The van der Waals surface area contributed by atoms with Crippen LogP contribution < -0.4 is 0 Å². The minimum Gasteiger partial charge on any atom is -0.0654 e. The smallest absolute Gasteiger partial charge is 0.0445 e. The van der Waals surface area contributed by atoms with Crippen molar-refractivity contribution < 1.29 is 0 Å². The maximum atomic E-state index is 2.33. The molecule has 0 bridgehead atoms. The van der Waals surface area contributed by atoms with E-state index in [2.05, 4.69) is 20.8 Å². The SMILES string of the molecule is C1CCCC1.CCCCC(C)CC. The Morgan fingerprint density at radius 1 is 0.923 bits per heavy atom. The van der Waals surface area contributed by atoms with Crippen molar-refractivity contribution in [3.63, 3.8) is 0 Å². The third-order valence-corrected chi connectivity index (χ3v) is 3.00. The van der Waals surface area contributed by atoms with Crippen LogP contribution in [0.4, 0.5) is 0 Å². The van der Waals surface area contributed by atoms with Gasteiger partial charge in [-0.15, -0.1) is 0 Å². The third kappa shape index (κ3) is 9.92. The molecule has 0 aliphatic heterocycles. The Bertz CT molecular complexity index is 74.4. The van der Waals surface area contributed by atoms with Crippen molar-refractivity contribution in [3.8, 4) is 0 Å². The average molecular weight is 184 g/mol. The molecule has 1 rings (SSSR count). The molecule has 1 aliphatic rings. The van der Waals surface area contributed by atoms with E-state index in [1.165, 1.54) is 57.8 Å². The van der Waals surface area contributed by atoms with Crippen molar-refractivity contribution in [3.05, 3.63) is 0 Å². The lowest BCUT2D eigenvalue weighted by Gasteiger charge is -2.04. The second kappa shape index (κ2) is 10.1. The molecule has 1 atom stereocenters. The maximum Gasteiger partial charge on any atom is -0.0445 e. The number of hydrogen-bond donors (Lipinski definition) is 0. The van der Waals surface area contributed by atoms with Crippen LogP contribution in [0.1, 0.15) is 78.6 Å². The fourth-order valence-electron chi connectivity index (χ4n) is 1.64. The van der Waals surface area contributed by atoms with Crippen LogP contribution in [0.5, 0.6) is 0 Å². The van der Waals surface area contributed by atoms with E-state index in [1.807, 2.05) is 0 Å². The van der Waals surface area contributed by atoms with Crippen molar-refractivity contribution in [1.82, 2.24) is 0 Å². The van der Waals surface area contributed by atoms with Gasteiger partial charge in [-0.25, -0.2) is 0 Å². The Kier molecular flexibility index (Phi) is 10.1. The van der Waals surface area contributed by atoms with Crippen molar-refractivity contribution in [1.29, 1.82) is 0 Å². The van der Waals surface area contributed by atoms with Gasteiger partial charge in [0, 0.05) is 0 Å². The van der Waals surface area contributed by atoms with Gasteiger partial charge in [0.1, 0.15) is 0 Å². The highest BCUT2D eigenvalue weighted by Crippen LogP contribution is 2.15. The van der Waals surface area contributed by atoms with Gasteiger partial charge in [0.2, 0.25) is 0 Å². The molecule has 0 radical (unpaired) electrons. The molecule has 0 spiro atoms. The first-order valence-corrected chi connectivity index (χ1v) is 6.31. The van der Waals surface area contributed by atoms with E-state index in [0.29, 0.717) is 0 Å². The lowest BCUT2D eigenvalue weighted by Crippen LogP contribution is -1.89. The second-order valence-corrected chi connectivity index (χ2v) is 4.42. The Labute approximate surface area is 85.1 Å². The fourth-order valence-corrected chi connectivity index (χ4v) is 1.64. The topological polar surface area (TPSA) is 0 Å². The van der Waals surface area contributed by atoms with Crippen LogP contribution in [0.2, 0.25) is 0 Å². The zero-order valence-electron chi connectivity index (χ0n) is 9.94. The standard InChI is InChI=1S/C8H18.C5H10/c1-4-6-7-8(3)5-2;1-2-4-5-3-1/h8H,4-7H2,1-3H3;1-5H2. The third-order valence-electron chi connectivity index (χ3n) is 3.00. The molecule has 1 fully saturated rings. The Morgan fingerprint density at radius 3 is 1.69 bits per heavy atom. The van der Waals surface area contributed by atoms with Crippen LogP contribution >= 0.6 is 0 Å². The quantitative estimate of drug-likeness (QED) is 0.565. The van der Waals surface area contributed by atoms with Crippen LogP contribution in [-0.2, 0) is 0 Å². The van der Waals surface area contributed by atoms with E-state index in [-0.39, 0.29) is 0 Å². The van der Waals surface area contributed by atoms with Crippen LogP contribution in [0, 0.1) is 5.92 Å². The van der Waals surface area contributed by atoms with E-state index in [4.69, 9.17) is 0 Å². The lowest BCUT2D eigenvalue weighted by atomic mass is 10.0. The van der Waals surface area contributed by atoms with Gasteiger partial charge < -0.3 is 0 Å². The van der Waals surface area contributed by atoms with Gasteiger partial charge in [-0.1, -0.05) is 78.6 Å². The summed E-state index contributed by atoms with van der Waals surface area (Å²) in [6.45, 7) is 6.85. The second-order valence-electron chi connectivity index (χ2n) is 4.42. The molecule has 1 aliphatic carbocycles. The lowest BCUT2D eigenvalue weighted by molar-refractivity contribution is 0.492. The van der Waals surface area contributed by atoms with E-state index >= 15 is 0 Å². The molecule has 1 unspecified atom stereocenters. The Morgan fingerprint density at radius 2 is 1.38 bits per heavy atom. The highest BCUT2D eigenvalue weighted by molar-refractivity contribution is 4.51. The van der Waals surface area contributed by atoms with Crippen molar-refractivity contribution >= 4 is 0 Å². The van der Waals surface area contributed by atoms with Crippen LogP contribution in [0.15, 0.2) is 0 Å². The summed E-state index contributed by atoms with van der Waals surface area (Å²) in [6, 6.07) is 0. The van der Waals surface area contributed by atoms with Gasteiger partial charge in [0.15, 0.2) is 0 Å². The van der Waals surface area contributed by atoms with Gasteiger partial charge >= 0.3 is 0 Å². The summed E-state index contributed by atoms with van der Waals surface area (Å²) in [5.41, 5.74) is 0. The van der Waals surface area contributed by atoms with E-state index in [9.17, 15) is 0 Å². The predicted molar refractivity (Wildman–Crippen MR) is 62.1 cm³/mol. The summed E-state index contributed by atoms with van der Waals surface area (Å²) in [7, 11) is 0. The zero-order chi connectivity index (χ0) is 9.94. The molecular weight excluding hydrogens is 156 g/mol. The molecule has 0 aromatic carbocycles. The zero-order valence-corrected chi connectivity index (χ0v) is 9.94. The molecule has 0 saturated heterocycles. The summed E-state index contributed by atoms with van der Waals surface area (Å²) < 4.78 is 0. The van der Waals surface area contributed by atoms with Crippen molar-refractivity contribution in [2.45, 2.75) is 78.6 Å². The van der Waals surface area contributed by atoms with Gasteiger partial charge in [0.25, 0.3) is 0 Å². The van der Waals surface area contributed by atoms with E-state index in [0.717, 1.165) is 5.92 Å². The van der Waals surface area contributed by atoms with Crippen molar-refractivity contribution in [2.24, 2.45) is 5.92 Å². The molecular formula is C13H28. The maximum absolute atomic E-state index is 2.33. The Hall–Kier alpha value is 0. The van der Waals surface area contributed by atoms with Crippen LogP contribution in [0.3, 0.4) is 0 Å². The van der Waals surface area contributed by atoms with Gasteiger partial charge in [0.05, 0.1) is 0 Å². The van der Waals surface area contributed by atoms with E-state index in [1.54, 1.807) is 0 Å². The minimum absolute atomic E-state index is 0.954. The van der Waals surface area contributed by atoms with Gasteiger partial charge in [-0.3, -0.25) is 0 Å². The summed E-state index contributed by atoms with van der Waals surface area (Å²) in [6.07, 6.45) is 13.0. The molecule has 0 amide bonds. The molecule has 0 nitrogen and oxygen atoms in total. The fraction of sp³-hybridized carbons (Fsp3) is 1.00. The monoisotopic (exact) mass is 184 g/mol. The van der Waals surface area contributed by atoms with E-state index < -0.39 is 0 Å². The first-order valence-electron chi connectivity index (χ1n) is 6.31. The van der Waals surface area contributed by atoms with Gasteiger partial charge in [-0.2, -0.15) is 0 Å². The summed E-state index contributed by atoms with van der Waals surface area (Å²) >= 11 is 0. The highest BCUT2D eigenvalue weighted by atomic mass is 14.0.